The lowest BCUT2D eigenvalue weighted by Crippen LogP contribution is -2.28. The highest BCUT2D eigenvalue weighted by molar-refractivity contribution is 6.16. The number of nitrogens with zero attached hydrogens (tertiary/aromatic N) is 3. The summed E-state index contributed by atoms with van der Waals surface area (Å²) in [7, 11) is 0. The Bertz CT molecular complexity index is 619. The van der Waals surface area contributed by atoms with Crippen LogP contribution < -0.4 is 0 Å². The molecule has 0 radical (unpaired) electrons. The molecule has 3 rings (SSSR count). The van der Waals surface area contributed by atoms with Crippen molar-refractivity contribution in [2.45, 2.75) is 52.0 Å². The first-order valence-electron chi connectivity index (χ1n) is 7.52. The zero-order valence-corrected chi connectivity index (χ0v) is 13.2. The minimum absolute atomic E-state index is 0.451. The number of fused-ring (bicyclic) bond motifs is 1. The van der Waals surface area contributed by atoms with Gasteiger partial charge in [-0.15, -0.1) is 11.6 Å². The van der Waals surface area contributed by atoms with Gasteiger partial charge in [0.2, 0.25) is 0 Å². The predicted molar refractivity (Wildman–Crippen MR) is 83.0 cm³/mol. The zero-order chi connectivity index (χ0) is 14.3. The van der Waals surface area contributed by atoms with E-state index in [0.29, 0.717) is 17.8 Å². The van der Waals surface area contributed by atoms with Crippen LogP contribution in [0.3, 0.4) is 0 Å². The molecule has 0 amide bonds. The van der Waals surface area contributed by atoms with Gasteiger partial charge in [0.1, 0.15) is 11.3 Å². The number of pyridine rings is 1. The molecule has 0 aromatic carbocycles. The van der Waals surface area contributed by atoms with E-state index in [1.807, 2.05) is 13.0 Å². The summed E-state index contributed by atoms with van der Waals surface area (Å²) in [5, 5.41) is 0. The van der Waals surface area contributed by atoms with E-state index in [-0.39, 0.29) is 0 Å². The van der Waals surface area contributed by atoms with Crippen molar-refractivity contribution in [2.24, 2.45) is 11.8 Å². The number of hydrogen-bond donors (Lipinski definition) is 0. The second kappa shape index (κ2) is 5.36. The highest BCUT2D eigenvalue weighted by Gasteiger charge is 2.31. The first-order valence-corrected chi connectivity index (χ1v) is 8.05. The van der Waals surface area contributed by atoms with Gasteiger partial charge >= 0.3 is 0 Å². The Morgan fingerprint density at radius 2 is 2.05 bits per heavy atom. The number of rotatable bonds is 2. The normalized spacial score (nSPS) is 27.1. The van der Waals surface area contributed by atoms with Crippen molar-refractivity contribution in [3.8, 4) is 0 Å². The maximum absolute atomic E-state index is 6.14. The molecule has 0 saturated heterocycles. The molecule has 1 aliphatic carbocycles. The summed E-state index contributed by atoms with van der Waals surface area (Å²) in [6.45, 7) is 6.74. The number of aryl methyl sites for hydroxylation is 1. The number of imidazole rings is 1. The van der Waals surface area contributed by atoms with Crippen molar-refractivity contribution in [1.29, 1.82) is 0 Å². The average Bonchev–Trinajstić information content (AvgIpc) is 2.79. The van der Waals surface area contributed by atoms with Crippen LogP contribution in [-0.4, -0.2) is 14.5 Å². The molecule has 20 heavy (non-hydrogen) atoms. The van der Waals surface area contributed by atoms with Crippen LogP contribution in [0.1, 0.15) is 50.7 Å². The van der Waals surface area contributed by atoms with E-state index < -0.39 is 0 Å². The summed E-state index contributed by atoms with van der Waals surface area (Å²) in [6.07, 6.45) is 3.81. The van der Waals surface area contributed by atoms with Gasteiger partial charge in [-0.25, -0.2) is 9.97 Å². The van der Waals surface area contributed by atoms with Crippen LogP contribution in [0.2, 0.25) is 0 Å². The van der Waals surface area contributed by atoms with Gasteiger partial charge < -0.3 is 4.57 Å². The number of halogens is 1. The first kappa shape index (κ1) is 13.9. The Morgan fingerprint density at radius 1 is 1.25 bits per heavy atom. The van der Waals surface area contributed by atoms with Gasteiger partial charge in [-0.3, -0.25) is 0 Å². The second-order valence-electron chi connectivity index (χ2n) is 6.16. The SMILES string of the molecule is Cc1ccc2nc(CCl)n(C3CCCC(C)C3C)c2n1. The molecule has 3 atom stereocenters. The standard InChI is InChI=1S/C16H22ClN3/c1-10-5-4-6-14(12(10)3)20-15(9-17)19-13-8-7-11(2)18-16(13)20/h7-8,10,12,14H,4-6,9H2,1-3H3. The molecule has 2 aromatic rings. The topological polar surface area (TPSA) is 30.7 Å². The molecule has 3 nitrogen and oxygen atoms in total. The molecule has 1 aliphatic rings. The molecule has 2 heterocycles. The fourth-order valence-electron chi connectivity index (χ4n) is 3.48. The summed E-state index contributed by atoms with van der Waals surface area (Å²) >= 11 is 6.14. The van der Waals surface area contributed by atoms with Crippen LogP contribution in [0.4, 0.5) is 0 Å². The zero-order valence-electron chi connectivity index (χ0n) is 12.4. The molecule has 2 aromatic heterocycles. The number of aromatic nitrogens is 3. The lowest BCUT2D eigenvalue weighted by molar-refractivity contribution is 0.187. The molecule has 1 fully saturated rings. The van der Waals surface area contributed by atoms with Crippen molar-refractivity contribution < 1.29 is 0 Å². The van der Waals surface area contributed by atoms with E-state index in [2.05, 4.69) is 29.5 Å². The third-order valence-corrected chi connectivity index (χ3v) is 5.10. The Kier molecular flexibility index (Phi) is 3.72. The lowest BCUT2D eigenvalue weighted by Gasteiger charge is -2.35. The van der Waals surface area contributed by atoms with E-state index in [1.54, 1.807) is 0 Å². The molecular weight excluding hydrogens is 270 g/mol. The van der Waals surface area contributed by atoms with Crippen LogP contribution in [0.5, 0.6) is 0 Å². The third kappa shape index (κ3) is 2.22. The summed E-state index contributed by atoms with van der Waals surface area (Å²) in [4.78, 5) is 9.40. The van der Waals surface area contributed by atoms with Gasteiger partial charge in [-0.2, -0.15) is 0 Å². The third-order valence-electron chi connectivity index (χ3n) is 4.86. The monoisotopic (exact) mass is 291 g/mol. The van der Waals surface area contributed by atoms with Gasteiger partial charge in [0.25, 0.3) is 0 Å². The van der Waals surface area contributed by atoms with Crippen molar-refractivity contribution in [1.82, 2.24) is 14.5 Å². The molecule has 108 valence electrons. The molecule has 4 heteroatoms. The lowest BCUT2D eigenvalue weighted by atomic mass is 9.78. The maximum atomic E-state index is 6.14. The van der Waals surface area contributed by atoms with Gasteiger partial charge in [0, 0.05) is 11.7 Å². The Morgan fingerprint density at radius 3 is 2.80 bits per heavy atom. The number of alkyl halides is 1. The minimum Gasteiger partial charge on any atom is -0.308 e. The minimum atomic E-state index is 0.451. The van der Waals surface area contributed by atoms with Crippen LogP contribution in [0, 0.1) is 18.8 Å². The van der Waals surface area contributed by atoms with E-state index in [9.17, 15) is 0 Å². The summed E-state index contributed by atoms with van der Waals surface area (Å²) in [5.41, 5.74) is 3.01. The predicted octanol–water partition coefficient (Wildman–Crippen LogP) is 4.48. The van der Waals surface area contributed by atoms with Gasteiger partial charge in [0.15, 0.2) is 5.65 Å². The average molecular weight is 292 g/mol. The maximum Gasteiger partial charge on any atom is 0.160 e. The van der Waals surface area contributed by atoms with Crippen LogP contribution >= 0.6 is 11.6 Å². The highest BCUT2D eigenvalue weighted by Crippen LogP contribution is 2.39. The molecular formula is C16H22ClN3. The molecule has 0 N–H and O–H groups in total. The van der Waals surface area contributed by atoms with E-state index in [4.69, 9.17) is 16.6 Å². The first-order chi connectivity index (χ1) is 9.61. The highest BCUT2D eigenvalue weighted by atomic mass is 35.5. The van der Waals surface area contributed by atoms with E-state index in [1.165, 1.54) is 19.3 Å². The number of hydrogen-bond acceptors (Lipinski definition) is 2. The van der Waals surface area contributed by atoms with Crippen LogP contribution in [-0.2, 0) is 5.88 Å². The Hall–Kier alpha value is -1.09. The fraction of sp³-hybridized carbons (Fsp3) is 0.625. The van der Waals surface area contributed by atoms with Crippen LogP contribution in [0.25, 0.3) is 11.2 Å². The van der Waals surface area contributed by atoms with Gasteiger partial charge in [0.05, 0.1) is 5.88 Å². The second-order valence-corrected chi connectivity index (χ2v) is 6.43. The summed E-state index contributed by atoms with van der Waals surface area (Å²) in [6, 6.07) is 4.55. The Labute approximate surface area is 125 Å². The van der Waals surface area contributed by atoms with Crippen LogP contribution in [0.15, 0.2) is 12.1 Å². The smallest absolute Gasteiger partial charge is 0.160 e. The van der Waals surface area contributed by atoms with E-state index in [0.717, 1.165) is 28.6 Å². The van der Waals surface area contributed by atoms with E-state index >= 15 is 0 Å². The molecule has 0 aliphatic heterocycles. The molecule has 0 spiro atoms. The quantitative estimate of drug-likeness (QED) is 0.764. The van der Waals surface area contributed by atoms with Gasteiger partial charge in [-0.1, -0.05) is 26.7 Å². The Balaban J connectivity index is 2.15. The van der Waals surface area contributed by atoms with Crippen molar-refractivity contribution >= 4 is 22.8 Å². The largest absolute Gasteiger partial charge is 0.308 e. The molecule has 3 unspecified atom stereocenters. The molecule has 1 saturated carbocycles. The molecule has 0 bridgehead atoms. The van der Waals surface area contributed by atoms with Crippen molar-refractivity contribution in [2.75, 3.05) is 0 Å². The summed E-state index contributed by atoms with van der Waals surface area (Å²) < 4.78 is 2.32. The van der Waals surface area contributed by atoms with Crippen molar-refractivity contribution in [3.63, 3.8) is 0 Å². The fourth-order valence-corrected chi connectivity index (χ4v) is 3.66. The van der Waals surface area contributed by atoms with Crippen molar-refractivity contribution in [3.05, 3.63) is 23.7 Å². The van der Waals surface area contributed by atoms with Gasteiger partial charge in [-0.05, 0) is 37.3 Å². The summed E-state index contributed by atoms with van der Waals surface area (Å²) in [5.74, 6) is 2.81.